The van der Waals surface area contributed by atoms with Gasteiger partial charge in [-0.3, -0.25) is 14.5 Å². The minimum absolute atomic E-state index is 0. The zero-order valence-electron chi connectivity index (χ0n) is 23.7. The van der Waals surface area contributed by atoms with Crippen LogP contribution in [0.2, 0.25) is 0 Å². The van der Waals surface area contributed by atoms with Gasteiger partial charge < -0.3 is 25.4 Å². The maximum atomic E-state index is 12.9. The molecule has 12 heteroatoms. The van der Waals surface area contributed by atoms with E-state index in [-0.39, 0.29) is 70.2 Å². The van der Waals surface area contributed by atoms with Gasteiger partial charge in [-0.1, -0.05) is 91.0 Å². The van der Waals surface area contributed by atoms with E-state index in [2.05, 4.69) is 15.6 Å². The number of hydrogen-bond acceptors (Lipinski definition) is 8. The van der Waals surface area contributed by atoms with E-state index in [9.17, 15) is 24.3 Å². The molecule has 3 aromatic carbocycles. The standard InChI is InChI=1S/C31H29N5O5S.K/c1-2-35-18-19-36(27(38)26(35)37)30(41)33-25(28(39)40)24-20-42-29(32-24)34-31(21-12-6-3-7-13-21,22-14-8-4-9-15-22)23-16-10-5-11-17-23;/h3-17,20,25H,2,18-19H2,1H3,(H,32,34)(H,33,41)(H,39,40);/q;+1/p-1. The number of nitrogens with zero attached hydrogens (tertiary/aromatic N) is 3. The third-order valence-electron chi connectivity index (χ3n) is 7.17. The van der Waals surface area contributed by atoms with Gasteiger partial charge in [0.2, 0.25) is 0 Å². The molecular formula is C31H28KN5O5S. The van der Waals surface area contributed by atoms with E-state index >= 15 is 0 Å². The van der Waals surface area contributed by atoms with Crippen LogP contribution in [-0.4, -0.2) is 58.2 Å². The number of thiazole rings is 1. The molecule has 0 spiro atoms. The molecule has 4 amide bonds. The summed E-state index contributed by atoms with van der Waals surface area (Å²) in [6.45, 7) is 2.16. The third kappa shape index (κ3) is 6.74. The predicted octanol–water partition coefficient (Wildman–Crippen LogP) is -0.258. The van der Waals surface area contributed by atoms with Crippen LogP contribution in [-0.2, 0) is 19.9 Å². The number of carbonyl (C=O) groups is 4. The van der Waals surface area contributed by atoms with Crippen molar-refractivity contribution >= 4 is 40.3 Å². The fourth-order valence-electron chi connectivity index (χ4n) is 5.04. The van der Waals surface area contributed by atoms with Crippen LogP contribution in [0, 0.1) is 0 Å². The number of hydrogen-bond donors (Lipinski definition) is 2. The number of anilines is 1. The van der Waals surface area contributed by atoms with Crippen molar-refractivity contribution in [3.63, 3.8) is 0 Å². The van der Waals surface area contributed by atoms with Gasteiger partial charge in [0.15, 0.2) is 5.13 Å². The van der Waals surface area contributed by atoms with E-state index in [1.165, 1.54) is 21.6 Å². The number of carboxylic acid groups (broad SMARTS) is 1. The Kier molecular flexibility index (Phi) is 10.9. The van der Waals surface area contributed by atoms with E-state index in [4.69, 9.17) is 0 Å². The second-order valence-corrected chi connectivity index (χ2v) is 10.5. The summed E-state index contributed by atoms with van der Waals surface area (Å²) in [4.78, 5) is 56.4. The fourth-order valence-corrected chi connectivity index (χ4v) is 5.83. The Bertz CT molecular complexity index is 1490. The number of benzene rings is 3. The Balaban J connectivity index is 0.00000423. The Hall–Kier alpha value is -3.39. The number of nitrogens with one attached hydrogen (secondary N) is 2. The molecule has 1 unspecified atom stereocenters. The van der Waals surface area contributed by atoms with E-state index in [1.54, 1.807) is 6.92 Å². The summed E-state index contributed by atoms with van der Waals surface area (Å²) in [6.07, 6.45) is 0. The molecule has 5 rings (SSSR count). The van der Waals surface area contributed by atoms with Gasteiger partial charge in [-0.25, -0.2) is 9.78 Å². The number of rotatable bonds is 9. The molecule has 0 saturated carbocycles. The Morgan fingerprint density at radius 1 is 0.884 bits per heavy atom. The molecule has 2 N–H and O–H groups in total. The number of carboxylic acids is 1. The van der Waals surface area contributed by atoms with Crippen molar-refractivity contribution in [3.05, 3.63) is 119 Å². The van der Waals surface area contributed by atoms with E-state index < -0.39 is 35.4 Å². The van der Waals surface area contributed by atoms with Gasteiger partial charge >= 0.3 is 69.2 Å². The Morgan fingerprint density at radius 2 is 1.40 bits per heavy atom. The molecule has 43 heavy (non-hydrogen) atoms. The van der Waals surface area contributed by atoms with Crippen molar-refractivity contribution in [1.82, 2.24) is 20.1 Å². The first kappa shape index (κ1) is 32.5. The predicted molar refractivity (Wildman–Crippen MR) is 155 cm³/mol. The van der Waals surface area contributed by atoms with Gasteiger partial charge in [-0.15, -0.1) is 11.3 Å². The minimum Gasteiger partial charge on any atom is -0.547 e. The van der Waals surface area contributed by atoms with Gasteiger partial charge in [0.25, 0.3) is 0 Å². The van der Waals surface area contributed by atoms with E-state index in [0.717, 1.165) is 16.7 Å². The summed E-state index contributed by atoms with van der Waals surface area (Å²) in [5.41, 5.74) is 1.91. The average Bonchev–Trinajstić information content (AvgIpc) is 3.49. The molecule has 1 saturated heterocycles. The number of amides is 4. The normalized spacial score (nSPS) is 14.1. The maximum absolute atomic E-state index is 12.9. The number of piperazine rings is 1. The van der Waals surface area contributed by atoms with Crippen LogP contribution in [0.15, 0.2) is 96.4 Å². The number of carbonyl (C=O) groups excluding carboxylic acids is 4. The monoisotopic (exact) mass is 621 g/mol. The zero-order valence-corrected chi connectivity index (χ0v) is 27.7. The van der Waals surface area contributed by atoms with Crippen LogP contribution in [0.1, 0.15) is 35.3 Å². The molecule has 10 nitrogen and oxygen atoms in total. The number of urea groups is 1. The van der Waals surface area contributed by atoms with Gasteiger partial charge in [-0.05, 0) is 23.6 Å². The molecule has 0 radical (unpaired) electrons. The van der Waals surface area contributed by atoms with Crippen LogP contribution >= 0.6 is 11.3 Å². The van der Waals surface area contributed by atoms with Crippen molar-refractivity contribution in [3.8, 4) is 0 Å². The zero-order chi connectivity index (χ0) is 29.7. The molecule has 2 heterocycles. The van der Waals surface area contributed by atoms with Crippen LogP contribution < -0.4 is 67.1 Å². The van der Waals surface area contributed by atoms with Crippen LogP contribution in [0.5, 0.6) is 0 Å². The SMILES string of the molecule is CCN1CCN(C(=O)NC(C(=O)[O-])c2csc(NC(c3ccccc3)(c3ccccc3)c3ccccc3)n2)C(=O)C1=O.[K+]. The van der Waals surface area contributed by atoms with Crippen molar-refractivity contribution in [2.45, 2.75) is 18.5 Å². The summed E-state index contributed by atoms with van der Waals surface area (Å²) < 4.78 is 0. The number of aromatic nitrogens is 1. The van der Waals surface area contributed by atoms with Crippen molar-refractivity contribution in [1.29, 1.82) is 0 Å². The van der Waals surface area contributed by atoms with Gasteiger partial charge in [0.05, 0.1) is 11.7 Å². The van der Waals surface area contributed by atoms with Gasteiger partial charge in [0.1, 0.15) is 11.6 Å². The second-order valence-electron chi connectivity index (χ2n) is 9.59. The van der Waals surface area contributed by atoms with Crippen LogP contribution in [0.3, 0.4) is 0 Å². The largest absolute Gasteiger partial charge is 1.00 e. The third-order valence-corrected chi connectivity index (χ3v) is 7.95. The summed E-state index contributed by atoms with van der Waals surface area (Å²) in [7, 11) is 0. The Morgan fingerprint density at radius 3 is 1.86 bits per heavy atom. The molecule has 4 aromatic rings. The molecule has 1 atom stereocenters. The van der Waals surface area contributed by atoms with Crippen LogP contribution in [0.4, 0.5) is 9.93 Å². The number of aliphatic carboxylic acids is 1. The molecule has 0 bridgehead atoms. The fraction of sp³-hybridized carbons (Fsp3) is 0.194. The van der Waals surface area contributed by atoms with Crippen molar-refractivity contribution in [2.75, 3.05) is 25.0 Å². The molecule has 1 aliphatic rings. The first-order chi connectivity index (χ1) is 20.3. The van der Waals surface area contributed by atoms with E-state index in [0.29, 0.717) is 16.6 Å². The smallest absolute Gasteiger partial charge is 0.547 e. The summed E-state index contributed by atoms with van der Waals surface area (Å²) >= 11 is 1.17. The summed E-state index contributed by atoms with van der Waals surface area (Å²) in [6, 6.07) is 26.8. The molecule has 1 fully saturated rings. The number of likely N-dealkylation sites (N-methyl/N-ethyl adjacent to an activating group) is 1. The van der Waals surface area contributed by atoms with Crippen molar-refractivity contribution in [2.24, 2.45) is 0 Å². The van der Waals surface area contributed by atoms with E-state index in [1.807, 2.05) is 91.0 Å². The first-order valence-corrected chi connectivity index (χ1v) is 14.3. The van der Waals surface area contributed by atoms with Crippen molar-refractivity contribution < 1.29 is 75.7 Å². The first-order valence-electron chi connectivity index (χ1n) is 13.4. The molecule has 0 aliphatic carbocycles. The van der Waals surface area contributed by atoms with Gasteiger partial charge in [-0.2, -0.15) is 0 Å². The van der Waals surface area contributed by atoms with Gasteiger partial charge in [0, 0.05) is 25.0 Å². The maximum Gasteiger partial charge on any atom is 1.00 e. The number of imide groups is 1. The second kappa shape index (κ2) is 14.4. The average molecular weight is 622 g/mol. The molecule has 1 aromatic heterocycles. The molecular weight excluding hydrogens is 594 g/mol. The topological polar surface area (TPSA) is 135 Å². The summed E-state index contributed by atoms with van der Waals surface area (Å²) in [5, 5.41) is 19.9. The summed E-state index contributed by atoms with van der Waals surface area (Å²) in [5.74, 6) is -3.44. The Labute approximate surface area is 295 Å². The quantitative estimate of drug-likeness (QED) is 0.150. The molecule has 1 aliphatic heterocycles. The minimum atomic E-state index is -1.66. The molecule has 214 valence electrons. The van der Waals surface area contributed by atoms with Crippen LogP contribution in [0.25, 0.3) is 0 Å².